The van der Waals surface area contributed by atoms with Gasteiger partial charge in [0.25, 0.3) is 0 Å². The van der Waals surface area contributed by atoms with Crippen molar-refractivity contribution in [3.05, 3.63) is 0 Å². The van der Waals surface area contributed by atoms with E-state index in [2.05, 4.69) is 0 Å². The summed E-state index contributed by atoms with van der Waals surface area (Å²) in [6.45, 7) is 0.366. The number of carbonyl (C=O) groups is 3. The summed E-state index contributed by atoms with van der Waals surface area (Å²) in [6.07, 6.45) is 3.86. The largest absolute Gasteiger partial charge is 0.479 e. The van der Waals surface area contributed by atoms with E-state index in [0.29, 0.717) is 25.7 Å². The Morgan fingerprint density at radius 2 is 1.04 bits per heavy atom. The maximum Gasteiger partial charge on any atom is 0.336 e. The van der Waals surface area contributed by atoms with Crippen LogP contribution in [0.3, 0.4) is 0 Å². The van der Waals surface area contributed by atoms with Gasteiger partial charge in [-0.2, -0.15) is 0 Å². The number of aliphatic hydroxyl groups excluding tert-OH is 2. The molecule has 0 aliphatic carbocycles. The number of carboxylic acids is 1. The zero-order valence-electron chi connectivity index (χ0n) is 15.7. The molecule has 9 heteroatoms. The van der Waals surface area contributed by atoms with Crippen LogP contribution in [0, 0.1) is 0 Å². The second-order valence-corrected chi connectivity index (χ2v) is 6.41. The first-order chi connectivity index (χ1) is 12.9. The average molecular weight is 392 g/mol. The van der Waals surface area contributed by atoms with Crippen molar-refractivity contribution in [3.8, 4) is 0 Å². The molecular formula is C18H32O9. The molecule has 0 aromatic carbocycles. The van der Waals surface area contributed by atoms with Gasteiger partial charge in [0.15, 0.2) is 5.60 Å². The highest BCUT2D eigenvalue weighted by Crippen LogP contribution is 2.18. The predicted molar refractivity (Wildman–Crippen MR) is 94.8 cm³/mol. The fourth-order valence-corrected chi connectivity index (χ4v) is 2.30. The molecule has 0 rings (SSSR count). The molecule has 0 aromatic rings. The Hall–Kier alpha value is -1.71. The maximum absolute atomic E-state index is 11.7. The monoisotopic (exact) mass is 392 g/mol. The van der Waals surface area contributed by atoms with Crippen LogP contribution in [-0.2, 0) is 23.9 Å². The number of aliphatic carboxylic acids is 1. The summed E-state index contributed by atoms with van der Waals surface area (Å²) in [5.74, 6) is -3.50. The first kappa shape index (κ1) is 25.3. The number of hydrogen-bond donors (Lipinski definition) is 4. The van der Waals surface area contributed by atoms with E-state index in [4.69, 9.17) is 24.8 Å². The van der Waals surface area contributed by atoms with E-state index in [1.54, 1.807) is 0 Å². The molecule has 27 heavy (non-hydrogen) atoms. The second-order valence-electron chi connectivity index (χ2n) is 6.41. The second kappa shape index (κ2) is 15.4. The van der Waals surface area contributed by atoms with Gasteiger partial charge in [0.1, 0.15) is 0 Å². The van der Waals surface area contributed by atoms with Crippen molar-refractivity contribution in [1.29, 1.82) is 0 Å². The fraction of sp³-hybridized carbons (Fsp3) is 0.833. The van der Waals surface area contributed by atoms with Gasteiger partial charge in [-0.1, -0.05) is 12.8 Å². The summed E-state index contributed by atoms with van der Waals surface area (Å²) in [7, 11) is 0. The van der Waals surface area contributed by atoms with E-state index >= 15 is 0 Å². The highest BCUT2D eigenvalue weighted by atomic mass is 16.5. The van der Waals surface area contributed by atoms with Gasteiger partial charge < -0.3 is 29.9 Å². The van der Waals surface area contributed by atoms with Crippen LogP contribution >= 0.6 is 0 Å². The van der Waals surface area contributed by atoms with Crippen LogP contribution in [0.4, 0.5) is 0 Å². The number of hydrogen-bond acceptors (Lipinski definition) is 8. The zero-order valence-corrected chi connectivity index (χ0v) is 15.7. The van der Waals surface area contributed by atoms with Crippen molar-refractivity contribution in [1.82, 2.24) is 0 Å². The molecular weight excluding hydrogens is 360 g/mol. The maximum atomic E-state index is 11.7. The van der Waals surface area contributed by atoms with Crippen LogP contribution < -0.4 is 0 Å². The van der Waals surface area contributed by atoms with Crippen molar-refractivity contribution in [2.24, 2.45) is 0 Å². The first-order valence-electron chi connectivity index (χ1n) is 9.34. The molecule has 4 N–H and O–H groups in total. The number of carboxylic acid groups (broad SMARTS) is 1. The minimum Gasteiger partial charge on any atom is -0.479 e. The van der Waals surface area contributed by atoms with E-state index in [0.717, 1.165) is 25.7 Å². The molecule has 0 aliphatic heterocycles. The minimum absolute atomic E-state index is 0.0816. The average Bonchev–Trinajstić information content (AvgIpc) is 2.60. The normalized spacial score (nSPS) is 11.2. The Labute approximate surface area is 159 Å². The lowest BCUT2D eigenvalue weighted by Gasteiger charge is -2.21. The van der Waals surface area contributed by atoms with Crippen LogP contribution in [0.1, 0.15) is 64.2 Å². The third-order valence-corrected chi connectivity index (χ3v) is 3.90. The fourth-order valence-electron chi connectivity index (χ4n) is 2.30. The molecule has 0 saturated carbocycles. The number of carbonyl (C=O) groups excluding carboxylic acids is 2. The van der Waals surface area contributed by atoms with Crippen LogP contribution in [0.15, 0.2) is 0 Å². The molecule has 9 nitrogen and oxygen atoms in total. The molecule has 0 bridgehead atoms. The number of rotatable bonds is 17. The number of ether oxygens (including phenoxy) is 2. The van der Waals surface area contributed by atoms with Gasteiger partial charge in [0.05, 0.1) is 26.1 Å². The Morgan fingerprint density at radius 1 is 0.667 bits per heavy atom. The molecule has 158 valence electrons. The lowest BCUT2D eigenvalue weighted by atomic mass is 9.96. The zero-order chi connectivity index (χ0) is 20.5. The minimum atomic E-state index is -2.57. The molecule has 0 radical (unpaired) electrons. The van der Waals surface area contributed by atoms with Gasteiger partial charge in [-0.3, -0.25) is 9.59 Å². The Balaban J connectivity index is 4.19. The van der Waals surface area contributed by atoms with Gasteiger partial charge in [-0.05, 0) is 38.5 Å². The van der Waals surface area contributed by atoms with Crippen molar-refractivity contribution in [2.75, 3.05) is 26.4 Å². The molecule has 0 aliphatic rings. The Kier molecular flexibility index (Phi) is 14.4. The summed E-state index contributed by atoms with van der Waals surface area (Å²) >= 11 is 0. The smallest absolute Gasteiger partial charge is 0.336 e. The molecule has 0 aromatic heterocycles. The quantitative estimate of drug-likeness (QED) is 0.208. The van der Waals surface area contributed by atoms with E-state index in [-0.39, 0.29) is 26.4 Å². The number of aliphatic hydroxyl groups is 3. The molecule has 0 unspecified atom stereocenters. The predicted octanol–water partition coefficient (Wildman–Crippen LogP) is 0.774. The van der Waals surface area contributed by atoms with Gasteiger partial charge in [0, 0.05) is 13.2 Å². The van der Waals surface area contributed by atoms with Crippen molar-refractivity contribution in [3.63, 3.8) is 0 Å². The molecule has 0 fully saturated rings. The summed E-state index contributed by atoms with van der Waals surface area (Å²) in [5, 5.41) is 36.6. The lowest BCUT2D eigenvalue weighted by molar-refractivity contribution is -0.173. The topological polar surface area (TPSA) is 151 Å². The van der Waals surface area contributed by atoms with Gasteiger partial charge in [0.2, 0.25) is 0 Å². The summed E-state index contributed by atoms with van der Waals surface area (Å²) in [6, 6.07) is 0. The van der Waals surface area contributed by atoms with Crippen LogP contribution in [0.5, 0.6) is 0 Å². The SMILES string of the molecule is O=C(CC(O)(CC(=O)OCCCCCCO)C(=O)O)OCCCCCCO. The van der Waals surface area contributed by atoms with E-state index in [1.165, 1.54) is 0 Å². The van der Waals surface area contributed by atoms with Crippen molar-refractivity contribution >= 4 is 17.9 Å². The summed E-state index contributed by atoms with van der Waals surface area (Å²) < 4.78 is 9.78. The van der Waals surface area contributed by atoms with Crippen LogP contribution in [0.25, 0.3) is 0 Å². The molecule has 0 saturated heterocycles. The third kappa shape index (κ3) is 13.2. The first-order valence-corrected chi connectivity index (χ1v) is 9.34. The van der Waals surface area contributed by atoms with E-state index in [1.807, 2.05) is 0 Å². The third-order valence-electron chi connectivity index (χ3n) is 3.90. The van der Waals surface area contributed by atoms with Crippen LogP contribution in [-0.4, -0.2) is 70.4 Å². The molecule has 0 amide bonds. The van der Waals surface area contributed by atoms with Crippen molar-refractivity contribution < 1.29 is 44.3 Å². The Morgan fingerprint density at radius 3 is 1.37 bits per heavy atom. The van der Waals surface area contributed by atoms with Crippen LogP contribution in [0.2, 0.25) is 0 Å². The number of esters is 2. The van der Waals surface area contributed by atoms with Crippen molar-refractivity contribution in [2.45, 2.75) is 69.8 Å². The highest BCUT2D eigenvalue weighted by Gasteiger charge is 2.41. The molecule has 0 atom stereocenters. The van der Waals surface area contributed by atoms with Gasteiger partial charge >= 0.3 is 17.9 Å². The van der Waals surface area contributed by atoms with Gasteiger partial charge in [-0.15, -0.1) is 0 Å². The van der Waals surface area contributed by atoms with E-state index < -0.39 is 36.4 Å². The van der Waals surface area contributed by atoms with E-state index in [9.17, 15) is 19.5 Å². The number of unbranched alkanes of at least 4 members (excludes halogenated alkanes) is 6. The summed E-state index contributed by atoms with van der Waals surface area (Å²) in [4.78, 5) is 34.7. The highest BCUT2D eigenvalue weighted by molar-refractivity contribution is 5.88. The lowest BCUT2D eigenvalue weighted by Crippen LogP contribution is -2.43. The Bertz CT molecular complexity index is 407. The standard InChI is InChI=1S/C18H32O9/c19-9-5-1-3-7-11-26-15(21)13-18(25,17(23)24)14-16(22)27-12-8-4-2-6-10-20/h19-20,25H,1-14H2,(H,23,24). The molecule has 0 heterocycles. The van der Waals surface area contributed by atoms with Gasteiger partial charge in [-0.25, -0.2) is 4.79 Å². The molecule has 0 spiro atoms. The summed E-state index contributed by atoms with van der Waals surface area (Å²) in [5.41, 5.74) is -2.57.